The summed E-state index contributed by atoms with van der Waals surface area (Å²) in [7, 11) is 1.78. The van der Waals surface area contributed by atoms with Gasteiger partial charge >= 0.3 is 0 Å². The molecule has 4 aromatic rings. The van der Waals surface area contributed by atoms with Crippen LogP contribution in [0, 0.1) is 0 Å². The highest BCUT2D eigenvalue weighted by Crippen LogP contribution is 2.23. The fourth-order valence-corrected chi connectivity index (χ4v) is 5.78. The summed E-state index contributed by atoms with van der Waals surface area (Å²) in [5.41, 5.74) is 2.29. The molecule has 5 rings (SSSR count). The number of fused-ring (bicyclic) bond motifs is 3. The van der Waals surface area contributed by atoms with Crippen LogP contribution in [0.3, 0.4) is 0 Å². The van der Waals surface area contributed by atoms with E-state index < -0.39 is 0 Å². The number of nitrogens with zero attached hydrogens (tertiary/aromatic N) is 6. The zero-order chi connectivity index (χ0) is 22.1. The Bertz CT molecular complexity index is 1260. The quantitative estimate of drug-likeness (QED) is 0.431. The van der Waals surface area contributed by atoms with Gasteiger partial charge < -0.3 is 0 Å². The average Bonchev–Trinajstić information content (AvgIpc) is 3.45. The maximum absolute atomic E-state index is 12.6. The molecule has 1 aliphatic heterocycles. The summed E-state index contributed by atoms with van der Waals surface area (Å²) >= 11 is 1.48. The van der Waals surface area contributed by atoms with Gasteiger partial charge in [0.25, 0.3) is 5.56 Å². The first-order valence-corrected chi connectivity index (χ1v) is 12.3. The Morgan fingerprint density at radius 3 is 2.84 bits per heavy atom. The lowest BCUT2D eigenvalue weighted by atomic mass is 10.0. The lowest BCUT2D eigenvalue weighted by molar-refractivity contribution is 0.0856. The Kier molecular flexibility index (Phi) is 6.08. The van der Waals surface area contributed by atoms with E-state index in [9.17, 15) is 4.79 Å². The van der Waals surface area contributed by atoms with Crippen molar-refractivity contribution < 1.29 is 0 Å². The van der Waals surface area contributed by atoms with Gasteiger partial charge in [-0.05, 0) is 49.4 Å². The van der Waals surface area contributed by atoms with E-state index in [1.165, 1.54) is 29.7 Å². The van der Waals surface area contributed by atoms with Crippen LogP contribution < -0.4 is 5.56 Å². The summed E-state index contributed by atoms with van der Waals surface area (Å²) in [6.45, 7) is 7.22. The zero-order valence-corrected chi connectivity index (χ0v) is 19.6. The summed E-state index contributed by atoms with van der Waals surface area (Å²) in [6.07, 6.45) is 3.51. The second-order valence-corrected chi connectivity index (χ2v) is 9.65. The lowest BCUT2D eigenvalue weighted by Gasteiger charge is -2.39. The van der Waals surface area contributed by atoms with Crippen molar-refractivity contribution in [3.63, 3.8) is 0 Å². The second kappa shape index (κ2) is 9.13. The molecule has 1 aliphatic rings. The van der Waals surface area contributed by atoms with E-state index in [4.69, 9.17) is 0 Å². The highest BCUT2D eigenvalue weighted by Gasteiger charge is 2.27. The highest BCUT2D eigenvalue weighted by molar-refractivity contribution is 7.17. The Balaban J connectivity index is 1.41. The fraction of sp³-hybridized carbons (Fsp3) is 0.458. The van der Waals surface area contributed by atoms with Gasteiger partial charge in [-0.3, -0.25) is 23.6 Å². The zero-order valence-electron chi connectivity index (χ0n) is 18.8. The molecule has 1 saturated heterocycles. The van der Waals surface area contributed by atoms with Gasteiger partial charge in [0.2, 0.25) is 5.78 Å². The monoisotopic (exact) mass is 450 g/mol. The van der Waals surface area contributed by atoms with E-state index in [2.05, 4.69) is 61.7 Å². The van der Waals surface area contributed by atoms with Crippen LogP contribution in [0.5, 0.6) is 0 Å². The van der Waals surface area contributed by atoms with E-state index in [-0.39, 0.29) is 5.56 Å². The maximum Gasteiger partial charge on any atom is 0.272 e. The minimum atomic E-state index is -0.00398. The molecule has 0 spiro atoms. The predicted molar refractivity (Wildman–Crippen MR) is 129 cm³/mol. The van der Waals surface area contributed by atoms with Gasteiger partial charge in [0, 0.05) is 26.2 Å². The minimum absolute atomic E-state index is 0.00398. The molecule has 7 nitrogen and oxygen atoms in total. The smallest absolute Gasteiger partial charge is 0.272 e. The van der Waals surface area contributed by atoms with E-state index in [1.54, 1.807) is 11.6 Å². The van der Waals surface area contributed by atoms with Gasteiger partial charge in [-0.25, -0.2) is 0 Å². The number of hydrogen-bond donors (Lipinski definition) is 0. The maximum atomic E-state index is 12.6. The number of hydrogen-bond acceptors (Lipinski definition) is 6. The summed E-state index contributed by atoms with van der Waals surface area (Å²) in [5, 5.41) is 10.9. The van der Waals surface area contributed by atoms with Crippen LogP contribution in [-0.2, 0) is 20.1 Å². The molecule has 0 saturated carbocycles. The first-order valence-electron chi connectivity index (χ1n) is 11.5. The number of thiophene rings is 1. The lowest BCUT2D eigenvalue weighted by Crippen LogP contribution is -2.47. The second-order valence-electron chi connectivity index (χ2n) is 8.74. The molecule has 0 bridgehead atoms. The number of benzene rings is 1. The molecule has 1 aromatic carbocycles. The molecule has 1 unspecified atom stereocenters. The molecule has 1 fully saturated rings. The van der Waals surface area contributed by atoms with Crippen LogP contribution in [0.1, 0.15) is 37.6 Å². The molecular formula is C24H30N6OS. The molecule has 3 aromatic heterocycles. The normalized spacial score (nSPS) is 17.7. The third kappa shape index (κ3) is 3.98. The molecule has 4 heterocycles. The van der Waals surface area contributed by atoms with Crippen molar-refractivity contribution >= 4 is 27.3 Å². The first-order chi connectivity index (χ1) is 15.7. The molecule has 32 heavy (non-hydrogen) atoms. The Morgan fingerprint density at radius 2 is 2.03 bits per heavy atom. The van der Waals surface area contributed by atoms with Crippen LogP contribution in [0.2, 0.25) is 0 Å². The van der Waals surface area contributed by atoms with Gasteiger partial charge in [-0.15, -0.1) is 21.5 Å². The molecule has 0 aliphatic carbocycles. The van der Waals surface area contributed by atoms with Crippen molar-refractivity contribution in [2.24, 2.45) is 7.05 Å². The van der Waals surface area contributed by atoms with Crippen molar-refractivity contribution in [2.75, 3.05) is 19.6 Å². The highest BCUT2D eigenvalue weighted by atomic mass is 32.1. The van der Waals surface area contributed by atoms with Gasteiger partial charge in [-0.2, -0.15) is 0 Å². The summed E-state index contributed by atoms with van der Waals surface area (Å²) in [6, 6.07) is 13.2. The number of rotatable bonds is 7. The van der Waals surface area contributed by atoms with Gasteiger partial charge in [-0.1, -0.05) is 37.3 Å². The molecule has 0 N–H and O–H groups in total. The molecule has 1 atom stereocenters. The third-order valence-corrected chi connectivity index (χ3v) is 7.39. The van der Waals surface area contributed by atoms with Crippen LogP contribution in [0.4, 0.5) is 0 Å². The van der Waals surface area contributed by atoms with Gasteiger partial charge in [0.15, 0.2) is 5.82 Å². The number of piperidine rings is 1. The van der Waals surface area contributed by atoms with Gasteiger partial charge in [0.1, 0.15) is 4.70 Å². The van der Waals surface area contributed by atoms with E-state index in [0.717, 1.165) is 55.2 Å². The van der Waals surface area contributed by atoms with E-state index in [1.807, 2.05) is 11.4 Å². The van der Waals surface area contributed by atoms with Crippen LogP contribution in [0.25, 0.3) is 16.0 Å². The van der Waals surface area contributed by atoms with Crippen LogP contribution in [0.15, 0.2) is 46.6 Å². The number of aryl methyl sites for hydroxylation is 1. The van der Waals surface area contributed by atoms with Crippen molar-refractivity contribution in [3.8, 4) is 0 Å². The number of likely N-dealkylation sites (tertiary alicyclic amines) is 1. The van der Waals surface area contributed by atoms with Crippen LogP contribution >= 0.6 is 11.3 Å². The van der Waals surface area contributed by atoms with E-state index >= 15 is 0 Å². The summed E-state index contributed by atoms with van der Waals surface area (Å²) in [5.74, 6) is 1.52. The largest absolute Gasteiger partial charge is 0.298 e. The Morgan fingerprint density at radius 1 is 1.19 bits per heavy atom. The minimum Gasteiger partial charge on any atom is -0.298 e. The Hall–Kier alpha value is -2.55. The molecular weight excluding hydrogens is 420 g/mol. The average molecular weight is 451 g/mol. The van der Waals surface area contributed by atoms with Gasteiger partial charge in [0.05, 0.1) is 12.1 Å². The first kappa shape index (κ1) is 21.3. The SMILES string of the molecule is CCCN(Cc1nnc2n(C)c(=O)c3sccc3n12)C1CCCN(Cc2ccccc2)C1. The summed E-state index contributed by atoms with van der Waals surface area (Å²) in [4.78, 5) is 17.8. The third-order valence-electron chi connectivity index (χ3n) is 6.50. The molecule has 0 amide bonds. The topological polar surface area (TPSA) is 58.7 Å². The van der Waals surface area contributed by atoms with E-state index in [0.29, 0.717) is 11.8 Å². The van der Waals surface area contributed by atoms with Crippen molar-refractivity contribution in [3.05, 3.63) is 63.5 Å². The molecule has 0 radical (unpaired) electrons. The summed E-state index contributed by atoms with van der Waals surface area (Å²) < 4.78 is 4.44. The molecule has 168 valence electrons. The van der Waals surface area contributed by atoms with Crippen molar-refractivity contribution in [2.45, 2.75) is 45.3 Å². The number of aromatic nitrogens is 4. The predicted octanol–water partition coefficient (Wildman–Crippen LogP) is 3.52. The van der Waals surface area contributed by atoms with Crippen molar-refractivity contribution in [1.29, 1.82) is 0 Å². The standard InChI is InChI=1S/C24H30N6OS/c1-3-12-29(19-10-7-13-28(16-19)15-18-8-5-4-6-9-18)17-21-25-26-24-27(2)23(31)22-20(30(21)24)11-14-32-22/h4-6,8-9,11,14,19H,3,7,10,12-13,15-17H2,1-2H3. The molecule has 8 heteroatoms. The van der Waals surface area contributed by atoms with Crippen molar-refractivity contribution in [1.82, 2.24) is 29.0 Å². The fourth-order valence-electron chi connectivity index (χ4n) is 4.93. The van der Waals surface area contributed by atoms with Crippen LogP contribution in [-0.4, -0.2) is 54.6 Å². The Labute approximate surface area is 191 Å².